The number of fused-ring (bicyclic) bond motifs is 2. The monoisotopic (exact) mass is 191 g/mol. The van der Waals surface area contributed by atoms with Crippen molar-refractivity contribution in [1.29, 1.82) is 0 Å². The first-order chi connectivity index (χ1) is 6.84. The first kappa shape index (κ1) is 8.12. The summed E-state index contributed by atoms with van der Waals surface area (Å²) in [5.41, 5.74) is 8.32. The lowest BCUT2D eigenvalue weighted by atomic mass is 10.0. The molecule has 3 rings (SSSR count). The zero-order chi connectivity index (χ0) is 9.54. The molecule has 2 heterocycles. The summed E-state index contributed by atoms with van der Waals surface area (Å²) in [4.78, 5) is 0. The van der Waals surface area contributed by atoms with E-state index in [1.807, 2.05) is 6.07 Å². The molecule has 0 aliphatic carbocycles. The second kappa shape index (κ2) is 2.89. The third-order valence-electron chi connectivity index (χ3n) is 2.86. The van der Waals surface area contributed by atoms with Crippen LogP contribution in [0.5, 0.6) is 11.5 Å². The van der Waals surface area contributed by atoms with Crippen molar-refractivity contribution in [1.82, 2.24) is 0 Å². The number of ether oxygens (including phenoxy) is 2. The lowest BCUT2D eigenvalue weighted by Crippen LogP contribution is -2.12. The summed E-state index contributed by atoms with van der Waals surface area (Å²) in [7, 11) is 0. The molecule has 3 nitrogen and oxygen atoms in total. The first-order valence-corrected chi connectivity index (χ1v) is 5.02. The number of aryl methyl sites for hydroxylation is 1. The van der Waals surface area contributed by atoms with Crippen LogP contribution in [-0.2, 0) is 6.42 Å². The lowest BCUT2D eigenvalue weighted by molar-refractivity contribution is 0.285. The molecular formula is C11H13NO2. The highest BCUT2D eigenvalue weighted by Gasteiger charge is 2.24. The molecule has 0 saturated carbocycles. The predicted molar refractivity (Wildman–Crippen MR) is 52.7 cm³/mol. The van der Waals surface area contributed by atoms with Gasteiger partial charge in [-0.3, -0.25) is 0 Å². The van der Waals surface area contributed by atoms with Gasteiger partial charge < -0.3 is 15.2 Å². The van der Waals surface area contributed by atoms with Gasteiger partial charge in [-0.1, -0.05) is 0 Å². The zero-order valence-corrected chi connectivity index (χ0v) is 7.95. The minimum absolute atomic E-state index is 0.0391. The van der Waals surface area contributed by atoms with E-state index in [9.17, 15) is 0 Å². The van der Waals surface area contributed by atoms with E-state index in [1.165, 1.54) is 5.56 Å². The molecule has 2 aliphatic heterocycles. The van der Waals surface area contributed by atoms with Crippen LogP contribution in [0.3, 0.4) is 0 Å². The van der Waals surface area contributed by atoms with Gasteiger partial charge in [0.05, 0.1) is 12.6 Å². The molecule has 14 heavy (non-hydrogen) atoms. The predicted octanol–water partition coefficient (Wildman–Crippen LogP) is 1.40. The maximum atomic E-state index is 5.91. The first-order valence-electron chi connectivity index (χ1n) is 5.02. The van der Waals surface area contributed by atoms with Crippen LogP contribution in [0.1, 0.15) is 23.6 Å². The Bertz CT molecular complexity index is 375. The van der Waals surface area contributed by atoms with Gasteiger partial charge >= 0.3 is 0 Å². The summed E-state index contributed by atoms with van der Waals surface area (Å²) in [5, 5.41) is 0. The summed E-state index contributed by atoms with van der Waals surface area (Å²) in [6.45, 7) is 1.41. The van der Waals surface area contributed by atoms with Crippen LogP contribution in [-0.4, -0.2) is 13.2 Å². The van der Waals surface area contributed by atoms with Crippen molar-refractivity contribution in [3.05, 3.63) is 23.3 Å². The molecule has 3 heteroatoms. The molecule has 1 aromatic carbocycles. The topological polar surface area (TPSA) is 44.5 Å². The smallest absolute Gasteiger partial charge is 0.128 e. The summed E-state index contributed by atoms with van der Waals surface area (Å²) in [6, 6.07) is 4.16. The number of benzene rings is 1. The van der Waals surface area contributed by atoms with Crippen molar-refractivity contribution in [3.63, 3.8) is 0 Å². The van der Waals surface area contributed by atoms with Gasteiger partial charge in [0.15, 0.2) is 0 Å². The normalized spacial score (nSPS) is 23.4. The van der Waals surface area contributed by atoms with E-state index >= 15 is 0 Å². The van der Waals surface area contributed by atoms with E-state index in [4.69, 9.17) is 15.2 Å². The maximum Gasteiger partial charge on any atom is 0.128 e. The SMILES string of the molecule is NC1COc2cc3c(cc21)CCCO3. The Morgan fingerprint density at radius 1 is 1.21 bits per heavy atom. The van der Waals surface area contributed by atoms with E-state index in [-0.39, 0.29) is 6.04 Å². The molecule has 1 unspecified atom stereocenters. The molecule has 0 aromatic heterocycles. The molecule has 1 atom stereocenters. The number of nitrogens with two attached hydrogens (primary N) is 1. The molecule has 0 amide bonds. The van der Waals surface area contributed by atoms with Crippen LogP contribution in [0.25, 0.3) is 0 Å². The Hall–Kier alpha value is -1.22. The number of hydrogen-bond donors (Lipinski definition) is 1. The van der Waals surface area contributed by atoms with Crippen LogP contribution in [0.15, 0.2) is 12.1 Å². The van der Waals surface area contributed by atoms with Crippen LogP contribution in [0, 0.1) is 0 Å². The Labute approximate surface area is 82.8 Å². The van der Waals surface area contributed by atoms with Gasteiger partial charge in [-0.05, 0) is 24.5 Å². The average Bonchev–Trinajstić information content (AvgIpc) is 2.57. The molecule has 0 spiro atoms. The van der Waals surface area contributed by atoms with Gasteiger partial charge in [-0.25, -0.2) is 0 Å². The molecule has 0 bridgehead atoms. The zero-order valence-electron chi connectivity index (χ0n) is 7.95. The van der Waals surface area contributed by atoms with Crippen molar-refractivity contribution >= 4 is 0 Å². The fourth-order valence-electron chi connectivity index (χ4n) is 2.08. The summed E-state index contributed by atoms with van der Waals surface area (Å²) >= 11 is 0. The molecule has 0 radical (unpaired) electrons. The van der Waals surface area contributed by atoms with E-state index in [2.05, 4.69) is 6.07 Å². The Balaban J connectivity index is 2.11. The highest BCUT2D eigenvalue weighted by Crippen LogP contribution is 2.38. The fraction of sp³-hybridized carbons (Fsp3) is 0.455. The van der Waals surface area contributed by atoms with Gasteiger partial charge in [0.1, 0.15) is 18.1 Å². The van der Waals surface area contributed by atoms with E-state index in [0.29, 0.717) is 6.61 Å². The fourth-order valence-corrected chi connectivity index (χ4v) is 2.08. The van der Waals surface area contributed by atoms with Crippen molar-refractivity contribution in [2.75, 3.05) is 13.2 Å². The van der Waals surface area contributed by atoms with Crippen LogP contribution in [0.2, 0.25) is 0 Å². The average molecular weight is 191 g/mol. The van der Waals surface area contributed by atoms with Gasteiger partial charge in [-0.15, -0.1) is 0 Å². The van der Waals surface area contributed by atoms with Crippen molar-refractivity contribution in [2.45, 2.75) is 18.9 Å². The second-order valence-electron chi connectivity index (χ2n) is 3.87. The Morgan fingerprint density at radius 3 is 3.07 bits per heavy atom. The third kappa shape index (κ3) is 1.09. The van der Waals surface area contributed by atoms with Crippen LogP contribution < -0.4 is 15.2 Å². The third-order valence-corrected chi connectivity index (χ3v) is 2.86. The minimum Gasteiger partial charge on any atom is -0.493 e. The standard InChI is InChI=1S/C11H13NO2/c12-9-6-14-11-5-10-7(4-8(9)11)2-1-3-13-10/h4-5,9H,1-3,6,12H2. The van der Waals surface area contributed by atoms with Gasteiger partial charge in [-0.2, -0.15) is 0 Å². The number of rotatable bonds is 0. The maximum absolute atomic E-state index is 5.91. The van der Waals surface area contributed by atoms with E-state index in [0.717, 1.165) is 36.5 Å². The number of hydrogen-bond acceptors (Lipinski definition) is 3. The molecular weight excluding hydrogens is 178 g/mol. The molecule has 0 saturated heterocycles. The van der Waals surface area contributed by atoms with Crippen LogP contribution >= 0.6 is 0 Å². The molecule has 0 fully saturated rings. The van der Waals surface area contributed by atoms with Gasteiger partial charge in [0.2, 0.25) is 0 Å². The highest BCUT2D eigenvalue weighted by atomic mass is 16.5. The lowest BCUT2D eigenvalue weighted by Gasteiger charge is -2.18. The van der Waals surface area contributed by atoms with Crippen molar-refractivity contribution in [3.8, 4) is 11.5 Å². The van der Waals surface area contributed by atoms with Crippen molar-refractivity contribution < 1.29 is 9.47 Å². The van der Waals surface area contributed by atoms with E-state index in [1.54, 1.807) is 0 Å². The van der Waals surface area contributed by atoms with Crippen LogP contribution in [0.4, 0.5) is 0 Å². The minimum atomic E-state index is 0.0391. The summed E-state index contributed by atoms with van der Waals surface area (Å²) < 4.78 is 11.0. The highest BCUT2D eigenvalue weighted by molar-refractivity contribution is 5.50. The quantitative estimate of drug-likeness (QED) is 0.674. The Kier molecular flexibility index (Phi) is 1.67. The molecule has 2 N–H and O–H groups in total. The summed E-state index contributed by atoms with van der Waals surface area (Å²) in [6.07, 6.45) is 2.19. The van der Waals surface area contributed by atoms with Gasteiger partial charge in [0.25, 0.3) is 0 Å². The largest absolute Gasteiger partial charge is 0.493 e. The van der Waals surface area contributed by atoms with E-state index < -0.39 is 0 Å². The van der Waals surface area contributed by atoms with Gasteiger partial charge in [0, 0.05) is 11.6 Å². The van der Waals surface area contributed by atoms with Crippen molar-refractivity contribution in [2.24, 2.45) is 5.73 Å². The molecule has 2 aliphatic rings. The second-order valence-corrected chi connectivity index (χ2v) is 3.87. The molecule has 74 valence electrons. The summed E-state index contributed by atoms with van der Waals surface area (Å²) in [5.74, 6) is 1.88. The molecule has 1 aromatic rings. The Morgan fingerprint density at radius 2 is 2.14 bits per heavy atom.